The molecule has 2 aliphatic rings. The zero-order valence-corrected chi connectivity index (χ0v) is 14.2. The zero-order valence-electron chi connectivity index (χ0n) is 13.4. The average molecular weight is 345 g/mol. The molecule has 1 saturated heterocycles. The van der Waals surface area contributed by atoms with Crippen molar-refractivity contribution in [3.05, 3.63) is 23.8 Å². The van der Waals surface area contributed by atoms with Gasteiger partial charge in [0.15, 0.2) is 11.5 Å². The number of fused-ring (bicyclic) bond motifs is 1. The monoisotopic (exact) mass is 345 g/mol. The molecule has 0 spiro atoms. The number of likely N-dealkylation sites (tertiary alicyclic amines) is 1. The van der Waals surface area contributed by atoms with Crippen LogP contribution in [0.15, 0.2) is 23.8 Å². The lowest BCUT2D eigenvalue weighted by atomic mass is 10.3. The third-order valence-corrected chi connectivity index (χ3v) is 5.41. The quantitative estimate of drug-likeness (QED) is 0.840. The molecule has 4 rings (SSSR count). The third kappa shape index (κ3) is 2.73. The van der Waals surface area contributed by atoms with Crippen molar-refractivity contribution in [2.24, 2.45) is 0 Å². The largest absolute Gasteiger partial charge is 0.340 e. The van der Waals surface area contributed by atoms with E-state index in [1.54, 1.807) is 18.1 Å². The Morgan fingerprint density at radius 2 is 2.29 bits per heavy atom. The van der Waals surface area contributed by atoms with Crippen molar-refractivity contribution >= 4 is 34.7 Å². The highest BCUT2D eigenvalue weighted by molar-refractivity contribution is 8.04. The highest BCUT2D eigenvalue weighted by Gasteiger charge is 2.29. The smallest absolute Gasteiger partial charge is 0.261 e. The summed E-state index contributed by atoms with van der Waals surface area (Å²) in [6.07, 6.45) is 6.03. The van der Waals surface area contributed by atoms with Gasteiger partial charge in [-0.3, -0.25) is 4.79 Å². The zero-order chi connectivity index (χ0) is 16.5. The van der Waals surface area contributed by atoms with E-state index in [1.165, 1.54) is 6.33 Å². The van der Waals surface area contributed by atoms with Crippen LogP contribution in [0.2, 0.25) is 0 Å². The molecule has 1 amide bonds. The number of H-pyrrole nitrogens is 1. The number of thioether (sulfide) groups is 1. The number of amides is 1. The van der Waals surface area contributed by atoms with E-state index in [1.807, 2.05) is 23.0 Å². The highest BCUT2D eigenvalue weighted by Crippen LogP contribution is 2.29. The molecule has 0 unspecified atom stereocenters. The number of anilines is 1. The fourth-order valence-corrected chi connectivity index (χ4v) is 4.05. The van der Waals surface area contributed by atoms with Gasteiger partial charge in [0.2, 0.25) is 0 Å². The van der Waals surface area contributed by atoms with Crippen LogP contribution in [-0.2, 0) is 4.79 Å². The minimum absolute atomic E-state index is 0.109. The van der Waals surface area contributed by atoms with Crippen molar-refractivity contribution in [2.75, 3.05) is 37.3 Å². The molecular formula is C15H19N7OS. The molecule has 9 heteroatoms. The molecule has 2 aromatic heterocycles. The molecule has 0 bridgehead atoms. The number of hydrogen-bond donors (Lipinski definition) is 2. The van der Waals surface area contributed by atoms with Crippen LogP contribution in [0, 0.1) is 0 Å². The maximum Gasteiger partial charge on any atom is 0.261 e. The van der Waals surface area contributed by atoms with Crippen molar-refractivity contribution in [2.45, 2.75) is 12.5 Å². The second kappa shape index (κ2) is 6.40. The molecule has 2 aliphatic heterocycles. The van der Waals surface area contributed by atoms with Crippen LogP contribution in [0.3, 0.4) is 0 Å². The van der Waals surface area contributed by atoms with Crippen molar-refractivity contribution < 1.29 is 4.79 Å². The molecule has 0 aliphatic carbocycles. The molecular weight excluding hydrogens is 326 g/mol. The lowest BCUT2D eigenvalue weighted by Crippen LogP contribution is -2.35. The van der Waals surface area contributed by atoms with Gasteiger partial charge in [-0.25, -0.2) is 15.0 Å². The summed E-state index contributed by atoms with van der Waals surface area (Å²) in [6, 6.07) is 0.394. The van der Waals surface area contributed by atoms with Gasteiger partial charge in [0.1, 0.15) is 11.8 Å². The average Bonchev–Trinajstić information content (AvgIpc) is 3.29. The number of aromatic amines is 1. The lowest BCUT2D eigenvalue weighted by Gasteiger charge is -2.27. The molecule has 4 heterocycles. The first kappa shape index (κ1) is 15.4. The Hall–Kier alpha value is -2.13. The molecule has 0 radical (unpaired) electrons. The van der Waals surface area contributed by atoms with E-state index in [4.69, 9.17) is 0 Å². The van der Waals surface area contributed by atoms with Crippen LogP contribution < -0.4 is 10.2 Å². The van der Waals surface area contributed by atoms with Crippen LogP contribution in [0.4, 0.5) is 5.82 Å². The normalized spacial score (nSPS) is 21.4. The minimum Gasteiger partial charge on any atom is -0.340 e. The summed E-state index contributed by atoms with van der Waals surface area (Å²) in [5.41, 5.74) is 1.43. The number of hydrogen-bond acceptors (Lipinski definition) is 7. The van der Waals surface area contributed by atoms with Gasteiger partial charge < -0.3 is 20.1 Å². The number of carbonyl (C=O) groups excluding carboxylic acids is 1. The van der Waals surface area contributed by atoms with Crippen molar-refractivity contribution in [1.29, 1.82) is 0 Å². The molecule has 0 saturated carbocycles. The van der Waals surface area contributed by atoms with Gasteiger partial charge in [-0.05, 0) is 13.5 Å². The van der Waals surface area contributed by atoms with Gasteiger partial charge in [0.05, 0.1) is 11.2 Å². The third-order valence-electron chi connectivity index (χ3n) is 4.43. The molecule has 1 atom stereocenters. The topological polar surface area (TPSA) is 90.0 Å². The Labute approximate surface area is 143 Å². The Morgan fingerprint density at radius 1 is 1.38 bits per heavy atom. The predicted octanol–water partition coefficient (Wildman–Crippen LogP) is 0.568. The Balaban J connectivity index is 1.59. The number of likely N-dealkylation sites (N-methyl/N-ethyl adjacent to an activating group) is 1. The van der Waals surface area contributed by atoms with Crippen molar-refractivity contribution in [3.8, 4) is 0 Å². The van der Waals surface area contributed by atoms with Crippen molar-refractivity contribution in [3.63, 3.8) is 0 Å². The van der Waals surface area contributed by atoms with Crippen LogP contribution in [0.1, 0.15) is 6.42 Å². The van der Waals surface area contributed by atoms with Crippen molar-refractivity contribution in [1.82, 2.24) is 30.2 Å². The number of carbonyl (C=O) groups is 1. The number of imidazole rings is 1. The summed E-state index contributed by atoms with van der Waals surface area (Å²) < 4.78 is 0. The van der Waals surface area contributed by atoms with E-state index in [9.17, 15) is 4.79 Å². The summed E-state index contributed by atoms with van der Waals surface area (Å²) >= 11 is 1.61. The summed E-state index contributed by atoms with van der Waals surface area (Å²) in [6.45, 7) is 2.37. The molecule has 1 fully saturated rings. The van der Waals surface area contributed by atoms with E-state index in [-0.39, 0.29) is 5.91 Å². The minimum atomic E-state index is 0.109. The number of rotatable bonds is 3. The van der Waals surface area contributed by atoms with Gasteiger partial charge in [0.25, 0.3) is 5.91 Å². The maximum absolute atomic E-state index is 12.8. The standard InChI is InChI=1S/C15H19N7OS/c1-16-10-2-3-22(6-10)15(23)11-7-21(4-5-24-11)14-12-13(18-8-17-12)19-9-20-14/h7-10,16H,2-6H2,1H3,(H,17,18,19,20)/t10-/m0/s1. The Morgan fingerprint density at radius 3 is 3.12 bits per heavy atom. The summed E-state index contributed by atoms with van der Waals surface area (Å²) in [5.74, 6) is 1.72. The SMILES string of the molecule is CN[C@H]1CCN(C(=O)C2=CN(c3ncnc4nc[nH]c34)CCS2)C1. The second-order valence-electron chi connectivity index (χ2n) is 5.86. The molecule has 126 valence electrons. The molecule has 2 aromatic rings. The van der Waals surface area contributed by atoms with E-state index in [0.717, 1.165) is 48.0 Å². The second-order valence-corrected chi connectivity index (χ2v) is 7.00. The molecule has 24 heavy (non-hydrogen) atoms. The van der Waals surface area contributed by atoms with Gasteiger partial charge in [-0.1, -0.05) is 0 Å². The first-order valence-corrected chi connectivity index (χ1v) is 8.96. The number of aromatic nitrogens is 4. The first-order valence-electron chi connectivity index (χ1n) is 7.98. The Bertz CT molecular complexity index is 789. The van der Waals surface area contributed by atoms with Gasteiger partial charge >= 0.3 is 0 Å². The number of nitrogens with one attached hydrogen (secondary N) is 2. The fourth-order valence-electron chi connectivity index (χ4n) is 3.09. The summed E-state index contributed by atoms with van der Waals surface area (Å²) in [5, 5.41) is 3.24. The summed E-state index contributed by atoms with van der Waals surface area (Å²) in [4.78, 5) is 33.3. The molecule has 0 aromatic carbocycles. The van der Waals surface area contributed by atoms with E-state index in [2.05, 4.69) is 25.3 Å². The number of nitrogens with zero attached hydrogens (tertiary/aromatic N) is 5. The van der Waals surface area contributed by atoms with E-state index >= 15 is 0 Å². The molecule has 8 nitrogen and oxygen atoms in total. The Kier molecular flexibility index (Phi) is 4.11. The maximum atomic E-state index is 12.8. The molecule has 2 N–H and O–H groups in total. The summed E-state index contributed by atoms with van der Waals surface area (Å²) in [7, 11) is 1.94. The lowest BCUT2D eigenvalue weighted by molar-refractivity contribution is -0.125. The van der Waals surface area contributed by atoms with Gasteiger partial charge in [-0.15, -0.1) is 11.8 Å². The van der Waals surface area contributed by atoms with Crippen LogP contribution in [-0.4, -0.2) is 69.2 Å². The van der Waals surface area contributed by atoms with Crippen LogP contribution >= 0.6 is 11.8 Å². The fraction of sp³-hybridized carbons (Fsp3) is 0.467. The van der Waals surface area contributed by atoms with E-state index < -0.39 is 0 Å². The van der Waals surface area contributed by atoms with Gasteiger partial charge in [-0.2, -0.15) is 0 Å². The highest BCUT2D eigenvalue weighted by atomic mass is 32.2. The first-order chi connectivity index (χ1) is 11.8. The van der Waals surface area contributed by atoms with Gasteiger partial charge in [0, 0.05) is 37.6 Å². The van der Waals surface area contributed by atoms with Crippen LogP contribution in [0.5, 0.6) is 0 Å². The van der Waals surface area contributed by atoms with E-state index in [0.29, 0.717) is 11.7 Å². The predicted molar refractivity (Wildman–Crippen MR) is 93.6 cm³/mol. The van der Waals surface area contributed by atoms with Crippen LogP contribution in [0.25, 0.3) is 11.2 Å².